The van der Waals surface area contributed by atoms with Gasteiger partial charge in [-0.3, -0.25) is 0 Å². The van der Waals surface area contributed by atoms with Crippen LogP contribution in [0.2, 0.25) is 0 Å². The predicted octanol–water partition coefficient (Wildman–Crippen LogP) is 3.86. The minimum absolute atomic E-state index is 0.0926. The molecule has 2 aromatic rings. The lowest BCUT2D eigenvalue weighted by atomic mass is 10.1. The van der Waals surface area contributed by atoms with Crippen LogP contribution in [0.4, 0.5) is 0 Å². The highest BCUT2D eigenvalue weighted by Crippen LogP contribution is 2.19. The summed E-state index contributed by atoms with van der Waals surface area (Å²) in [5.41, 5.74) is 3.72. The van der Waals surface area contributed by atoms with Crippen molar-refractivity contribution in [2.45, 2.75) is 26.6 Å². The Labute approximate surface area is 121 Å². The second-order valence-electron chi connectivity index (χ2n) is 5.01. The van der Waals surface area contributed by atoms with Gasteiger partial charge >= 0.3 is 0 Å². The fourth-order valence-corrected chi connectivity index (χ4v) is 2.19. The molecule has 1 N–H and O–H groups in total. The molecule has 2 aromatic carbocycles. The van der Waals surface area contributed by atoms with Crippen LogP contribution in [-0.4, -0.2) is 13.1 Å². The fraction of sp³-hybridized carbons (Fsp3) is 0.333. The first-order chi connectivity index (χ1) is 9.79. The molecule has 0 bridgehead atoms. The van der Waals surface area contributed by atoms with Crippen LogP contribution < -0.4 is 5.32 Å². The van der Waals surface area contributed by atoms with Gasteiger partial charge in [-0.05, 0) is 24.6 Å². The first-order valence-electron chi connectivity index (χ1n) is 7.22. The molecule has 1 unspecified atom stereocenters. The van der Waals surface area contributed by atoms with Crippen LogP contribution in [0, 0.1) is 6.92 Å². The van der Waals surface area contributed by atoms with Crippen molar-refractivity contribution in [1.29, 1.82) is 0 Å². The van der Waals surface area contributed by atoms with E-state index < -0.39 is 0 Å². The first-order valence-corrected chi connectivity index (χ1v) is 7.22. The van der Waals surface area contributed by atoms with Gasteiger partial charge in [0.15, 0.2) is 0 Å². The predicted molar refractivity (Wildman–Crippen MR) is 83.7 cm³/mol. The van der Waals surface area contributed by atoms with E-state index >= 15 is 0 Å². The van der Waals surface area contributed by atoms with Gasteiger partial charge in [-0.15, -0.1) is 0 Å². The van der Waals surface area contributed by atoms with E-state index in [1.807, 2.05) is 18.2 Å². The molecule has 2 heteroatoms. The van der Waals surface area contributed by atoms with Crippen molar-refractivity contribution in [2.24, 2.45) is 0 Å². The lowest BCUT2D eigenvalue weighted by Gasteiger charge is -2.19. The van der Waals surface area contributed by atoms with E-state index in [9.17, 15) is 0 Å². The molecule has 0 aliphatic carbocycles. The van der Waals surface area contributed by atoms with Gasteiger partial charge in [0.1, 0.15) is 0 Å². The summed E-state index contributed by atoms with van der Waals surface area (Å²) in [5, 5.41) is 3.38. The SMILES string of the molecule is CCNCC(OCc1ccccc1)c1cccc(C)c1. The second kappa shape index (κ2) is 7.83. The number of hydrogen-bond donors (Lipinski definition) is 1. The highest BCUT2D eigenvalue weighted by Gasteiger charge is 2.11. The number of rotatable bonds is 7. The molecule has 0 aliphatic heterocycles. The van der Waals surface area contributed by atoms with Gasteiger partial charge in [0.05, 0.1) is 12.7 Å². The molecule has 2 nitrogen and oxygen atoms in total. The van der Waals surface area contributed by atoms with E-state index in [4.69, 9.17) is 4.74 Å². The van der Waals surface area contributed by atoms with Crippen LogP contribution >= 0.6 is 0 Å². The van der Waals surface area contributed by atoms with Crippen molar-refractivity contribution >= 4 is 0 Å². The minimum atomic E-state index is 0.0926. The number of benzene rings is 2. The van der Waals surface area contributed by atoms with E-state index in [1.54, 1.807) is 0 Å². The van der Waals surface area contributed by atoms with Crippen molar-refractivity contribution in [3.63, 3.8) is 0 Å². The van der Waals surface area contributed by atoms with E-state index in [1.165, 1.54) is 16.7 Å². The highest BCUT2D eigenvalue weighted by atomic mass is 16.5. The van der Waals surface area contributed by atoms with Crippen molar-refractivity contribution in [1.82, 2.24) is 5.32 Å². The quantitative estimate of drug-likeness (QED) is 0.824. The van der Waals surface area contributed by atoms with Crippen LogP contribution in [0.5, 0.6) is 0 Å². The van der Waals surface area contributed by atoms with E-state index in [0.717, 1.165) is 13.1 Å². The first kappa shape index (κ1) is 14.8. The van der Waals surface area contributed by atoms with Crippen LogP contribution in [0.25, 0.3) is 0 Å². The Bertz CT molecular complexity index is 510. The van der Waals surface area contributed by atoms with E-state index in [0.29, 0.717) is 6.61 Å². The Kier molecular flexibility index (Phi) is 5.78. The van der Waals surface area contributed by atoms with Crippen LogP contribution in [0.1, 0.15) is 29.7 Å². The van der Waals surface area contributed by atoms with Gasteiger partial charge in [0.2, 0.25) is 0 Å². The monoisotopic (exact) mass is 269 g/mol. The second-order valence-corrected chi connectivity index (χ2v) is 5.01. The van der Waals surface area contributed by atoms with Crippen molar-refractivity contribution in [3.8, 4) is 0 Å². The maximum atomic E-state index is 6.11. The Balaban J connectivity index is 2.03. The number of likely N-dealkylation sites (N-methyl/N-ethyl adjacent to an activating group) is 1. The zero-order valence-corrected chi connectivity index (χ0v) is 12.3. The molecule has 0 aromatic heterocycles. The van der Waals surface area contributed by atoms with Crippen LogP contribution in [0.3, 0.4) is 0 Å². The molecule has 0 fully saturated rings. The standard InChI is InChI=1S/C18H23NO/c1-3-19-13-18(17-11-7-8-15(2)12-17)20-14-16-9-5-4-6-10-16/h4-12,18-19H,3,13-14H2,1-2H3. The van der Waals surface area contributed by atoms with E-state index in [2.05, 4.69) is 55.6 Å². The molecule has 0 spiro atoms. The Hall–Kier alpha value is -1.64. The summed E-state index contributed by atoms with van der Waals surface area (Å²) in [4.78, 5) is 0. The molecule has 2 rings (SSSR count). The Morgan fingerprint density at radius 3 is 2.55 bits per heavy atom. The van der Waals surface area contributed by atoms with Gasteiger partial charge in [0, 0.05) is 6.54 Å². The third-order valence-corrected chi connectivity index (χ3v) is 3.29. The van der Waals surface area contributed by atoms with Gasteiger partial charge in [-0.1, -0.05) is 67.1 Å². The number of nitrogens with one attached hydrogen (secondary N) is 1. The molecular weight excluding hydrogens is 246 g/mol. The van der Waals surface area contributed by atoms with Crippen LogP contribution in [-0.2, 0) is 11.3 Å². The summed E-state index contributed by atoms with van der Waals surface area (Å²) in [6, 6.07) is 18.9. The maximum Gasteiger partial charge on any atom is 0.0953 e. The summed E-state index contributed by atoms with van der Waals surface area (Å²) in [6.07, 6.45) is 0.0926. The molecule has 0 saturated heterocycles. The average Bonchev–Trinajstić information content (AvgIpc) is 2.48. The Morgan fingerprint density at radius 2 is 1.85 bits per heavy atom. The molecule has 0 saturated carbocycles. The molecule has 0 radical (unpaired) electrons. The van der Waals surface area contributed by atoms with Gasteiger partial charge in [-0.2, -0.15) is 0 Å². The molecule has 0 amide bonds. The number of hydrogen-bond acceptors (Lipinski definition) is 2. The summed E-state index contributed by atoms with van der Waals surface area (Å²) in [5.74, 6) is 0. The van der Waals surface area contributed by atoms with Crippen molar-refractivity contribution in [3.05, 3.63) is 71.3 Å². The van der Waals surface area contributed by atoms with Gasteiger partial charge in [-0.25, -0.2) is 0 Å². The Morgan fingerprint density at radius 1 is 1.05 bits per heavy atom. The van der Waals surface area contributed by atoms with Crippen molar-refractivity contribution < 1.29 is 4.74 Å². The minimum Gasteiger partial charge on any atom is -0.368 e. The van der Waals surface area contributed by atoms with Gasteiger partial charge in [0.25, 0.3) is 0 Å². The largest absolute Gasteiger partial charge is 0.368 e. The third kappa shape index (κ3) is 4.48. The molecule has 20 heavy (non-hydrogen) atoms. The summed E-state index contributed by atoms with van der Waals surface area (Å²) in [7, 11) is 0. The average molecular weight is 269 g/mol. The molecule has 0 aliphatic rings. The molecule has 1 atom stereocenters. The smallest absolute Gasteiger partial charge is 0.0953 e. The lowest BCUT2D eigenvalue weighted by Crippen LogP contribution is -2.23. The summed E-state index contributed by atoms with van der Waals surface area (Å²) < 4.78 is 6.11. The number of ether oxygens (including phenoxy) is 1. The maximum absolute atomic E-state index is 6.11. The third-order valence-electron chi connectivity index (χ3n) is 3.29. The zero-order valence-electron chi connectivity index (χ0n) is 12.3. The molecular formula is C18H23NO. The molecule has 0 heterocycles. The highest BCUT2D eigenvalue weighted by molar-refractivity contribution is 5.24. The lowest BCUT2D eigenvalue weighted by molar-refractivity contribution is 0.0401. The number of aryl methyl sites for hydroxylation is 1. The topological polar surface area (TPSA) is 21.3 Å². The summed E-state index contributed by atoms with van der Waals surface area (Å²) >= 11 is 0. The summed E-state index contributed by atoms with van der Waals surface area (Å²) in [6.45, 7) is 6.67. The van der Waals surface area contributed by atoms with E-state index in [-0.39, 0.29) is 6.10 Å². The van der Waals surface area contributed by atoms with Crippen LogP contribution in [0.15, 0.2) is 54.6 Å². The van der Waals surface area contributed by atoms with Crippen molar-refractivity contribution in [2.75, 3.05) is 13.1 Å². The molecule has 106 valence electrons. The normalized spacial score (nSPS) is 12.3. The van der Waals surface area contributed by atoms with Gasteiger partial charge < -0.3 is 10.1 Å². The fourth-order valence-electron chi connectivity index (χ4n) is 2.19. The zero-order chi connectivity index (χ0) is 14.2.